The molecule has 4 heteroatoms. The minimum atomic E-state index is -0.945. The van der Waals surface area contributed by atoms with Crippen LogP contribution in [0.4, 0.5) is 4.39 Å². The standard InChI is InChI=1S/C16H16ClFO2/c1-9-7-12(17)8-10(2)16(9)20-14-6-4-5-13(18)15(14)11(3)19/h4-8,11,19H,1-3H3. The fraction of sp³-hybridized carbons (Fsp3) is 0.250. The van der Waals surface area contributed by atoms with Crippen LogP contribution in [0.1, 0.15) is 29.7 Å². The molecule has 0 aromatic heterocycles. The Morgan fingerprint density at radius 2 is 1.80 bits per heavy atom. The third kappa shape index (κ3) is 2.94. The maximum absolute atomic E-state index is 13.8. The third-order valence-electron chi connectivity index (χ3n) is 3.07. The van der Waals surface area contributed by atoms with Gasteiger partial charge in [0.1, 0.15) is 17.3 Å². The number of ether oxygens (including phenoxy) is 1. The normalized spacial score (nSPS) is 12.3. The highest BCUT2D eigenvalue weighted by molar-refractivity contribution is 6.30. The Bertz CT molecular complexity index is 615. The molecule has 0 saturated heterocycles. The number of benzene rings is 2. The minimum Gasteiger partial charge on any atom is -0.456 e. The van der Waals surface area contributed by atoms with E-state index >= 15 is 0 Å². The Morgan fingerprint density at radius 3 is 2.35 bits per heavy atom. The van der Waals surface area contributed by atoms with E-state index in [4.69, 9.17) is 16.3 Å². The molecule has 0 heterocycles. The lowest BCUT2D eigenvalue weighted by atomic mass is 10.1. The van der Waals surface area contributed by atoms with Gasteiger partial charge in [0, 0.05) is 5.02 Å². The van der Waals surface area contributed by atoms with E-state index in [0.717, 1.165) is 11.1 Å². The molecule has 2 aromatic carbocycles. The molecule has 106 valence electrons. The Balaban J connectivity index is 2.48. The molecule has 0 aliphatic heterocycles. The first-order valence-electron chi connectivity index (χ1n) is 6.31. The average Bonchev–Trinajstić information content (AvgIpc) is 2.33. The summed E-state index contributed by atoms with van der Waals surface area (Å²) in [6.45, 7) is 5.25. The van der Waals surface area contributed by atoms with E-state index in [1.165, 1.54) is 13.0 Å². The van der Waals surface area contributed by atoms with Crippen molar-refractivity contribution in [1.29, 1.82) is 0 Å². The monoisotopic (exact) mass is 294 g/mol. The van der Waals surface area contributed by atoms with Crippen molar-refractivity contribution in [2.45, 2.75) is 26.9 Å². The van der Waals surface area contributed by atoms with Gasteiger partial charge in [-0.3, -0.25) is 0 Å². The summed E-state index contributed by atoms with van der Waals surface area (Å²) in [5.74, 6) is 0.456. The fourth-order valence-electron chi connectivity index (χ4n) is 2.18. The van der Waals surface area contributed by atoms with Gasteiger partial charge in [-0.05, 0) is 56.2 Å². The molecule has 0 saturated carbocycles. The van der Waals surface area contributed by atoms with Crippen LogP contribution in [0, 0.1) is 19.7 Å². The van der Waals surface area contributed by atoms with Gasteiger partial charge < -0.3 is 9.84 Å². The van der Waals surface area contributed by atoms with Crippen molar-refractivity contribution in [3.63, 3.8) is 0 Å². The largest absolute Gasteiger partial charge is 0.456 e. The van der Waals surface area contributed by atoms with E-state index in [1.807, 2.05) is 13.8 Å². The average molecular weight is 295 g/mol. The molecule has 1 atom stereocenters. The highest BCUT2D eigenvalue weighted by Gasteiger charge is 2.17. The van der Waals surface area contributed by atoms with Crippen LogP contribution >= 0.6 is 11.6 Å². The maximum atomic E-state index is 13.8. The summed E-state index contributed by atoms with van der Waals surface area (Å²) >= 11 is 5.98. The number of aryl methyl sites for hydroxylation is 2. The van der Waals surface area contributed by atoms with E-state index in [0.29, 0.717) is 16.5 Å². The topological polar surface area (TPSA) is 29.5 Å². The Hall–Kier alpha value is -1.58. The molecular weight excluding hydrogens is 279 g/mol. The lowest BCUT2D eigenvalue weighted by molar-refractivity contribution is 0.190. The molecule has 0 fully saturated rings. The number of rotatable bonds is 3. The molecule has 2 nitrogen and oxygen atoms in total. The van der Waals surface area contributed by atoms with Gasteiger partial charge in [-0.2, -0.15) is 0 Å². The van der Waals surface area contributed by atoms with Crippen LogP contribution in [0.3, 0.4) is 0 Å². The summed E-state index contributed by atoms with van der Waals surface area (Å²) < 4.78 is 19.6. The first-order chi connectivity index (χ1) is 9.40. The quantitative estimate of drug-likeness (QED) is 0.868. The first-order valence-corrected chi connectivity index (χ1v) is 6.69. The van der Waals surface area contributed by atoms with E-state index in [1.54, 1.807) is 24.3 Å². The Morgan fingerprint density at radius 1 is 1.20 bits per heavy atom. The number of aliphatic hydroxyl groups excluding tert-OH is 1. The maximum Gasteiger partial charge on any atom is 0.136 e. The van der Waals surface area contributed by atoms with E-state index < -0.39 is 11.9 Å². The smallest absolute Gasteiger partial charge is 0.136 e. The summed E-state index contributed by atoms with van der Waals surface area (Å²) in [4.78, 5) is 0. The molecule has 0 spiro atoms. The summed E-state index contributed by atoms with van der Waals surface area (Å²) in [6, 6.07) is 8.06. The van der Waals surface area contributed by atoms with Crippen molar-refractivity contribution in [2.24, 2.45) is 0 Å². The predicted molar refractivity (Wildman–Crippen MR) is 78.0 cm³/mol. The van der Waals surface area contributed by atoms with Crippen molar-refractivity contribution in [1.82, 2.24) is 0 Å². The lowest BCUT2D eigenvalue weighted by Crippen LogP contribution is -2.01. The van der Waals surface area contributed by atoms with Crippen molar-refractivity contribution < 1.29 is 14.2 Å². The molecule has 0 aliphatic rings. The van der Waals surface area contributed by atoms with Crippen LogP contribution in [0.15, 0.2) is 30.3 Å². The number of hydrogen-bond donors (Lipinski definition) is 1. The van der Waals surface area contributed by atoms with E-state index in [2.05, 4.69) is 0 Å². The fourth-order valence-corrected chi connectivity index (χ4v) is 2.51. The molecule has 2 rings (SSSR count). The first kappa shape index (κ1) is 14.8. The number of halogens is 2. The molecule has 0 radical (unpaired) electrons. The zero-order valence-corrected chi connectivity index (χ0v) is 12.3. The zero-order valence-electron chi connectivity index (χ0n) is 11.6. The second-order valence-corrected chi connectivity index (χ2v) is 5.23. The highest BCUT2D eigenvalue weighted by atomic mass is 35.5. The van der Waals surface area contributed by atoms with Crippen molar-refractivity contribution in [3.05, 3.63) is 57.9 Å². The molecule has 1 N–H and O–H groups in total. The minimum absolute atomic E-state index is 0.154. The van der Waals surface area contributed by atoms with E-state index in [9.17, 15) is 9.50 Å². The Labute approximate surface area is 122 Å². The van der Waals surface area contributed by atoms with Gasteiger partial charge in [0.05, 0.1) is 11.7 Å². The summed E-state index contributed by atoms with van der Waals surface area (Å²) in [6.07, 6.45) is -0.945. The SMILES string of the molecule is Cc1cc(Cl)cc(C)c1Oc1cccc(F)c1C(C)O. The van der Waals surface area contributed by atoms with Crippen LogP contribution < -0.4 is 4.74 Å². The van der Waals surface area contributed by atoms with Crippen LogP contribution in [-0.2, 0) is 0 Å². The summed E-state index contributed by atoms with van der Waals surface area (Å²) in [5, 5.41) is 10.3. The molecular formula is C16H16ClFO2. The van der Waals surface area contributed by atoms with Crippen LogP contribution in [0.2, 0.25) is 5.02 Å². The molecule has 0 aliphatic carbocycles. The van der Waals surface area contributed by atoms with Crippen LogP contribution in [0.25, 0.3) is 0 Å². The van der Waals surface area contributed by atoms with E-state index in [-0.39, 0.29) is 5.56 Å². The van der Waals surface area contributed by atoms with Gasteiger partial charge in [-0.15, -0.1) is 0 Å². The second-order valence-electron chi connectivity index (χ2n) is 4.80. The summed E-state index contributed by atoms with van der Waals surface area (Å²) in [5.41, 5.74) is 1.87. The van der Waals surface area contributed by atoms with Gasteiger partial charge in [0.25, 0.3) is 0 Å². The molecule has 0 amide bonds. The van der Waals surface area contributed by atoms with Crippen LogP contribution in [-0.4, -0.2) is 5.11 Å². The molecule has 20 heavy (non-hydrogen) atoms. The number of hydrogen-bond acceptors (Lipinski definition) is 2. The Kier molecular flexibility index (Phi) is 4.31. The third-order valence-corrected chi connectivity index (χ3v) is 3.29. The van der Waals surface area contributed by atoms with Crippen molar-refractivity contribution in [3.8, 4) is 11.5 Å². The zero-order chi connectivity index (χ0) is 14.9. The van der Waals surface area contributed by atoms with Crippen molar-refractivity contribution in [2.75, 3.05) is 0 Å². The van der Waals surface area contributed by atoms with Crippen LogP contribution in [0.5, 0.6) is 11.5 Å². The molecule has 2 aromatic rings. The highest BCUT2D eigenvalue weighted by Crippen LogP contribution is 2.35. The number of aliphatic hydroxyl groups is 1. The lowest BCUT2D eigenvalue weighted by Gasteiger charge is -2.17. The van der Waals surface area contributed by atoms with Crippen molar-refractivity contribution >= 4 is 11.6 Å². The van der Waals surface area contributed by atoms with Gasteiger partial charge in [0.15, 0.2) is 0 Å². The second kappa shape index (κ2) is 5.81. The molecule has 0 bridgehead atoms. The predicted octanol–water partition coefficient (Wildman–Crippen LogP) is 4.94. The molecule has 1 unspecified atom stereocenters. The van der Waals surface area contributed by atoms with Gasteiger partial charge in [0.2, 0.25) is 0 Å². The van der Waals surface area contributed by atoms with Gasteiger partial charge in [-0.1, -0.05) is 17.7 Å². The van der Waals surface area contributed by atoms with Gasteiger partial charge in [-0.25, -0.2) is 4.39 Å². The van der Waals surface area contributed by atoms with Gasteiger partial charge >= 0.3 is 0 Å². The summed E-state index contributed by atoms with van der Waals surface area (Å²) in [7, 11) is 0.